The molecule has 3 aromatic rings. The molecule has 1 unspecified atom stereocenters. The van der Waals surface area contributed by atoms with Gasteiger partial charge in [-0.1, -0.05) is 0 Å². The zero-order valence-electron chi connectivity index (χ0n) is 12.3. The monoisotopic (exact) mass is 315 g/mol. The number of fused-ring (bicyclic) bond motifs is 3. The summed E-state index contributed by atoms with van der Waals surface area (Å²) < 4.78 is 10.8. The Morgan fingerprint density at radius 3 is 3.18 bits per heavy atom. The molecular formula is C16H17N3O2S. The molecule has 1 N–H and O–H groups in total. The molecule has 114 valence electrons. The molecule has 22 heavy (non-hydrogen) atoms. The van der Waals surface area contributed by atoms with Crippen LogP contribution >= 0.6 is 11.3 Å². The topological polar surface area (TPSA) is 60.2 Å². The predicted octanol–water partition coefficient (Wildman–Crippen LogP) is 3.57. The van der Waals surface area contributed by atoms with E-state index in [-0.39, 0.29) is 6.04 Å². The summed E-state index contributed by atoms with van der Waals surface area (Å²) in [6.07, 6.45) is 6.81. The second-order valence-electron chi connectivity index (χ2n) is 5.43. The van der Waals surface area contributed by atoms with Gasteiger partial charge in [0.2, 0.25) is 0 Å². The van der Waals surface area contributed by atoms with E-state index in [1.165, 1.54) is 22.2 Å². The predicted molar refractivity (Wildman–Crippen MR) is 86.4 cm³/mol. The number of hydrogen-bond donors (Lipinski definition) is 1. The molecule has 0 aromatic carbocycles. The summed E-state index contributed by atoms with van der Waals surface area (Å²) in [4.78, 5) is 11.4. The van der Waals surface area contributed by atoms with E-state index in [9.17, 15) is 0 Å². The normalized spacial score (nSPS) is 15.1. The van der Waals surface area contributed by atoms with Gasteiger partial charge in [0.25, 0.3) is 0 Å². The van der Waals surface area contributed by atoms with E-state index in [1.54, 1.807) is 31.0 Å². The molecule has 0 bridgehead atoms. The van der Waals surface area contributed by atoms with Gasteiger partial charge >= 0.3 is 0 Å². The van der Waals surface area contributed by atoms with Crippen molar-refractivity contribution in [3.8, 4) is 0 Å². The SMILES string of the molecule is COCC(Nc1ncnc2sc3c(c12)CCC3)c1ccco1. The average molecular weight is 315 g/mol. The lowest BCUT2D eigenvalue weighted by Gasteiger charge is -2.17. The van der Waals surface area contributed by atoms with Gasteiger partial charge in [-0.25, -0.2) is 9.97 Å². The Labute approximate surface area is 132 Å². The van der Waals surface area contributed by atoms with Crippen LogP contribution in [0.4, 0.5) is 5.82 Å². The second-order valence-corrected chi connectivity index (χ2v) is 6.51. The van der Waals surface area contributed by atoms with Crippen LogP contribution in [0.3, 0.4) is 0 Å². The number of furan rings is 1. The van der Waals surface area contributed by atoms with Crippen molar-refractivity contribution in [2.24, 2.45) is 0 Å². The first kappa shape index (κ1) is 13.7. The van der Waals surface area contributed by atoms with Crippen LogP contribution in [0, 0.1) is 0 Å². The summed E-state index contributed by atoms with van der Waals surface area (Å²) in [5.41, 5.74) is 1.42. The first-order valence-corrected chi connectivity index (χ1v) is 8.22. The van der Waals surface area contributed by atoms with Gasteiger partial charge in [0.1, 0.15) is 28.8 Å². The molecule has 3 aromatic heterocycles. The molecule has 0 amide bonds. The van der Waals surface area contributed by atoms with Crippen molar-refractivity contribution in [2.75, 3.05) is 19.0 Å². The van der Waals surface area contributed by atoms with Gasteiger partial charge in [-0.2, -0.15) is 0 Å². The largest absolute Gasteiger partial charge is 0.467 e. The number of aryl methyl sites for hydroxylation is 2. The molecule has 0 fully saturated rings. The third-order valence-corrected chi connectivity index (χ3v) is 5.23. The molecule has 0 radical (unpaired) electrons. The first-order valence-electron chi connectivity index (χ1n) is 7.41. The minimum atomic E-state index is -0.0601. The molecule has 0 aliphatic heterocycles. The van der Waals surface area contributed by atoms with Crippen LogP contribution in [0.25, 0.3) is 10.2 Å². The smallest absolute Gasteiger partial charge is 0.139 e. The number of rotatable bonds is 5. The first-order chi connectivity index (χ1) is 10.9. The van der Waals surface area contributed by atoms with Crippen molar-refractivity contribution in [2.45, 2.75) is 25.3 Å². The fraction of sp³-hybridized carbons (Fsp3) is 0.375. The molecule has 1 aliphatic rings. The van der Waals surface area contributed by atoms with E-state index >= 15 is 0 Å². The summed E-state index contributed by atoms with van der Waals surface area (Å²) in [7, 11) is 1.69. The van der Waals surface area contributed by atoms with Gasteiger partial charge < -0.3 is 14.5 Å². The number of hydrogen-bond acceptors (Lipinski definition) is 6. The van der Waals surface area contributed by atoms with Crippen molar-refractivity contribution in [1.82, 2.24) is 9.97 Å². The van der Waals surface area contributed by atoms with Gasteiger partial charge in [-0.05, 0) is 37.0 Å². The average Bonchev–Trinajstić information content (AvgIpc) is 3.23. The molecule has 5 nitrogen and oxygen atoms in total. The minimum Gasteiger partial charge on any atom is -0.467 e. The lowest BCUT2D eigenvalue weighted by atomic mass is 10.1. The van der Waals surface area contributed by atoms with Crippen LogP contribution in [-0.2, 0) is 17.6 Å². The van der Waals surface area contributed by atoms with E-state index in [4.69, 9.17) is 9.15 Å². The zero-order valence-corrected chi connectivity index (χ0v) is 13.2. The summed E-state index contributed by atoms with van der Waals surface area (Å²) in [6, 6.07) is 3.78. The van der Waals surface area contributed by atoms with Gasteiger partial charge in [0.15, 0.2) is 0 Å². The van der Waals surface area contributed by atoms with Crippen LogP contribution in [-0.4, -0.2) is 23.7 Å². The maximum atomic E-state index is 5.52. The summed E-state index contributed by atoms with van der Waals surface area (Å²) in [5, 5.41) is 4.65. The Kier molecular flexibility index (Phi) is 3.56. The van der Waals surface area contributed by atoms with Crippen molar-refractivity contribution >= 4 is 27.4 Å². The van der Waals surface area contributed by atoms with Gasteiger partial charge in [-0.15, -0.1) is 11.3 Å². The maximum absolute atomic E-state index is 5.52. The Morgan fingerprint density at radius 2 is 2.36 bits per heavy atom. The van der Waals surface area contributed by atoms with E-state index in [2.05, 4.69) is 15.3 Å². The molecule has 4 rings (SSSR count). The standard InChI is InChI=1S/C16H17N3O2S/c1-20-8-11(12-5-3-7-21-12)19-15-14-10-4-2-6-13(10)22-16(14)18-9-17-15/h3,5,7,9,11H,2,4,6,8H2,1H3,(H,17,18,19). The maximum Gasteiger partial charge on any atom is 0.139 e. The van der Waals surface area contributed by atoms with Crippen LogP contribution in [0.15, 0.2) is 29.1 Å². The Hall–Kier alpha value is -1.92. The van der Waals surface area contributed by atoms with Crippen molar-refractivity contribution < 1.29 is 9.15 Å². The molecule has 0 spiro atoms. The Bertz CT molecular complexity index is 782. The lowest BCUT2D eigenvalue weighted by Crippen LogP contribution is -2.16. The van der Waals surface area contributed by atoms with Crippen LogP contribution in [0.1, 0.15) is 28.7 Å². The molecule has 3 heterocycles. The van der Waals surface area contributed by atoms with Crippen molar-refractivity contribution in [1.29, 1.82) is 0 Å². The summed E-state index contributed by atoms with van der Waals surface area (Å²) >= 11 is 1.79. The second kappa shape index (κ2) is 5.70. The fourth-order valence-corrected chi connectivity index (χ4v) is 4.28. The van der Waals surface area contributed by atoms with Gasteiger partial charge in [0.05, 0.1) is 18.3 Å². The van der Waals surface area contributed by atoms with Gasteiger partial charge in [-0.3, -0.25) is 0 Å². The molecule has 1 aliphatic carbocycles. The fourth-order valence-electron chi connectivity index (χ4n) is 3.05. The van der Waals surface area contributed by atoms with E-state index < -0.39 is 0 Å². The van der Waals surface area contributed by atoms with Gasteiger partial charge in [0, 0.05) is 12.0 Å². The van der Waals surface area contributed by atoms with Crippen LogP contribution < -0.4 is 5.32 Å². The number of thiophene rings is 1. The summed E-state index contributed by atoms with van der Waals surface area (Å²) in [6.45, 7) is 0.519. The quantitative estimate of drug-likeness (QED) is 0.780. The highest BCUT2D eigenvalue weighted by Gasteiger charge is 2.23. The van der Waals surface area contributed by atoms with Crippen molar-refractivity contribution in [3.05, 3.63) is 40.9 Å². The highest BCUT2D eigenvalue weighted by Crippen LogP contribution is 2.39. The third-order valence-electron chi connectivity index (χ3n) is 4.03. The lowest BCUT2D eigenvalue weighted by molar-refractivity contribution is 0.178. The van der Waals surface area contributed by atoms with E-state index in [1.807, 2.05) is 12.1 Å². The highest BCUT2D eigenvalue weighted by molar-refractivity contribution is 7.19. The number of anilines is 1. The van der Waals surface area contributed by atoms with Crippen LogP contribution in [0.5, 0.6) is 0 Å². The number of nitrogens with one attached hydrogen (secondary N) is 1. The molecule has 0 saturated carbocycles. The number of aromatic nitrogens is 2. The Balaban J connectivity index is 1.74. The van der Waals surface area contributed by atoms with Crippen molar-refractivity contribution in [3.63, 3.8) is 0 Å². The Morgan fingerprint density at radius 1 is 1.41 bits per heavy atom. The number of methoxy groups -OCH3 is 1. The molecule has 1 atom stereocenters. The minimum absolute atomic E-state index is 0.0601. The molecular weight excluding hydrogens is 298 g/mol. The van der Waals surface area contributed by atoms with Crippen LogP contribution in [0.2, 0.25) is 0 Å². The zero-order chi connectivity index (χ0) is 14.9. The van der Waals surface area contributed by atoms with E-state index in [0.29, 0.717) is 6.61 Å². The number of nitrogens with zero attached hydrogens (tertiary/aromatic N) is 2. The summed E-state index contributed by atoms with van der Waals surface area (Å²) in [5.74, 6) is 1.73. The number of ether oxygens (including phenoxy) is 1. The third kappa shape index (κ3) is 2.28. The van der Waals surface area contributed by atoms with E-state index in [0.717, 1.165) is 29.3 Å². The molecule has 0 saturated heterocycles. The molecule has 6 heteroatoms. The highest BCUT2D eigenvalue weighted by atomic mass is 32.1.